The molecule has 0 bridgehead atoms. The normalized spacial score (nSPS) is 9.92. The predicted molar refractivity (Wildman–Crippen MR) is 52.0 cm³/mol. The second kappa shape index (κ2) is 3.53. The summed E-state index contributed by atoms with van der Waals surface area (Å²) in [4.78, 5) is 11.2. The highest BCUT2D eigenvalue weighted by Gasteiger charge is 2.15. The number of carbonyl (C=O) groups is 1. The minimum absolute atomic E-state index is 0.00463. The first-order chi connectivity index (χ1) is 6.07. The third-order valence-electron chi connectivity index (χ3n) is 1.66. The van der Waals surface area contributed by atoms with Gasteiger partial charge in [0.25, 0.3) is 0 Å². The molecular weight excluding hydrogens is 192 g/mol. The third-order valence-corrected chi connectivity index (χ3v) is 1.90. The largest absolute Gasteiger partial charge is 0.507 e. The average Bonchev–Trinajstić information content (AvgIpc) is 2.12. The van der Waals surface area contributed by atoms with Crippen LogP contribution in [0.5, 0.6) is 5.75 Å². The van der Waals surface area contributed by atoms with E-state index in [1.807, 2.05) is 0 Å². The van der Waals surface area contributed by atoms with Gasteiger partial charge in [-0.05, 0) is 12.1 Å². The van der Waals surface area contributed by atoms with E-state index < -0.39 is 5.78 Å². The molecule has 1 rings (SSSR count). The SMILES string of the molecule is Nc1ccc(O)c(C(=O)CCl)c1N. The number of halogens is 1. The lowest BCUT2D eigenvalue weighted by Crippen LogP contribution is -2.07. The monoisotopic (exact) mass is 200 g/mol. The van der Waals surface area contributed by atoms with Crippen molar-refractivity contribution in [3.8, 4) is 5.75 Å². The number of phenols is 1. The van der Waals surface area contributed by atoms with Crippen molar-refractivity contribution in [1.29, 1.82) is 0 Å². The van der Waals surface area contributed by atoms with Crippen LogP contribution in [0.2, 0.25) is 0 Å². The molecule has 0 fully saturated rings. The van der Waals surface area contributed by atoms with Gasteiger partial charge in [0.05, 0.1) is 22.8 Å². The smallest absolute Gasteiger partial charge is 0.183 e. The number of rotatable bonds is 2. The maximum Gasteiger partial charge on any atom is 0.183 e. The molecule has 0 radical (unpaired) electrons. The first kappa shape index (κ1) is 9.67. The van der Waals surface area contributed by atoms with Gasteiger partial charge in [-0.2, -0.15) is 0 Å². The number of Topliss-reactive ketones (excluding diaryl/α,β-unsaturated/α-hetero) is 1. The lowest BCUT2D eigenvalue weighted by Gasteiger charge is -2.07. The lowest BCUT2D eigenvalue weighted by molar-refractivity contribution is 0.101. The van der Waals surface area contributed by atoms with Crippen molar-refractivity contribution in [3.63, 3.8) is 0 Å². The molecule has 0 atom stereocenters. The van der Waals surface area contributed by atoms with E-state index in [-0.39, 0.29) is 28.6 Å². The Hall–Kier alpha value is -1.42. The van der Waals surface area contributed by atoms with Crippen LogP contribution in [0.25, 0.3) is 0 Å². The number of alkyl halides is 1. The van der Waals surface area contributed by atoms with E-state index in [0.717, 1.165) is 0 Å². The fourth-order valence-electron chi connectivity index (χ4n) is 0.984. The van der Waals surface area contributed by atoms with Crippen molar-refractivity contribution in [2.45, 2.75) is 0 Å². The molecular formula is C8H9ClN2O2. The van der Waals surface area contributed by atoms with Crippen LogP contribution in [-0.4, -0.2) is 16.8 Å². The number of nitrogen functional groups attached to an aromatic ring is 2. The van der Waals surface area contributed by atoms with Crippen LogP contribution in [0.1, 0.15) is 10.4 Å². The summed E-state index contributed by atoms with van der Waals surface area (Å²) in [6.07, 6.45) is 0. The van der Waals surface area contributed by atoms with Crippen molar-refractivity contribution in [1.82, 2.24) is 0 Å². The van der Waals surface area contributed by atoms with Gasteiger partial charge in [0.15, 0.2) is 5.78 Å². The molecule has 0 heterocycles. The summed E-state index contributed by atoms with van der Waals surface area (Å²) in [5, 5.41) is 9.30. The molecule has 0 aliphatic heterocycles. The van der Waals surface area contributed by atoms with Gasteiger partial charge in [-0.15, -0.1) is 11.6 Å². The van der Waals surface area contributed by atoms with Gasteiger partial charge in [-0.25, -0.2) is 0 Å². The molecule has 0 unspecified atom stereocenters. The Morgan fingerprint density at radius 1 is 1.46 bits per heavy atom. The molecule has 0 saturated carbocycles. The number of hydrogen-bond donors (Lipinski definition) is 3. The Morgan fingerprint density at radius 3 is 2.62 bits per heavy atom. The van der Waals surface area contributed by atoms with E-state index in [1.54, 1.807) is 0 Å². The van der Waals surface area contributed by atoms with Crippen molar-refractivity contribution in [2.24, 2.45) is 0 Å². The highest BCUT2D eigenvalue weighted by atomic mass is 35.5. The van der Waals surface area contributed by atoms with Crippen LogP contribution < -0.4 is 11.5 Å². The number of hydrogen-bond acceptors (Lipinski definition) is 4. The molecule has 5 N–H and O–H groups in total. The van der Waals surface area contributed by atoms with Crippen molar-refractivity contribution in [3.05, 3.63) is 17.7 Å². The quantitative estimate of drug-likeness (QED) is 0.287. The van der Waals surface area contributed by atoms with Gasteiger partial charge < -0.3 is 16.6 Å². The first-order valence-corrected chi connectivity index (χ1v) is 4.07. The molecule has 5 heteroatoms. The average molecular weight is 201 g/mol. The number of anilines is 2. The molecule has 0 saturated heterocycles. The summed E-state index contributed by atoms with van der Waals surface area (Å²) >= 11 is 5.33. The van der Waals surface area contributed by atoms with Crippen LogP contribution in [0, 0.1) is 0 Å². The van der Waals surface area contributed by atoms with Crippen LogP contribution in [-0.2, 0) is 0 Å². The van der Waals surface area contributed by atoms with Gasteiger partial charge in [-0.1, -0.05) is 0 Å². The van der Waals surface area contributed by atoms with Crippen LogP contribution in [0.3, 0.4) is 0 Å². The number of aromatic hydroxyl groups is 1. The van der Waals surface area contributed by atoms with Crippen molar-refractivity contribution in [2.75, 3.05) is 17.3 Å². The van der Waals surface area contributed by atoms with Crippen LogP contribution in [0.15, 0.2) is 12.1 Å². The minimum Gasteiger partial charge on any atom is -0.507 e. The van der Waals surface area contributed by atoms with Gasteiger partial charge in [0.1, 0.15) is 5.75 Å². The zero-order valence-electron chi connectivity index (χ0n) is 6.75. The molecule has 4 nitrogen and oxygen atoms in total. The van der Waals surface area contributed by atoms with E-state index >= 15 is 0 Å². The fourth-order valence-corrected chi connectivity index (χ4v) is 1.12. The molecule has 0 aliphatic rings. The zero-order valence-corrected chi connectivity index (χ0v) is 7.51. The molecule has 1 aromatic carbocycles. The van der Waals surface area contributed by atoms with E-state index in [9.17, 15) is 9.90 Å². The third kappa shape index (κ3) is 1.67. The number of phenolic OH excluding ortho intramolecular Hbond substituents is 1. The molecule has 0 spiro atoms. The summed E-state index contributed by atoms with van der Waals surface area (Å²) in [7, 11) is 0. The Morgan fingerprint density at radius 2 is 2.08 bits per heavy atom. The van der Waals surface area contributed by atoms with Crippen molar-refractivity contribution < 1.29 is 9.90 Å². The van der Waals surface area contributed by atoms with Gasteiger partial charge in [0, 0.05) is 0 Å². The van der Waals surface area contributed by atoms with Gasteiger partial charge >= 0.3 is 0 Å². The Kier molecular flexibility index (Phi) is 2.63. The summed E-state index contributed by atoms with van der Waals surface area (Å²) in [6.45, 7) is 0. The summed E-state index contributed by atoms with van der Waals surface area (Å²) in [5.74, 6) is -0.873. The number of carbonyl (C=O) groups excluding carboxylic acids is 1. The maximum atomic E-state index is 11.2. The van der Waals surface area contributed by atoms with E-state index in [4.69, 9.17) is 23.1 Å². The molecule has 0 aromatic heterocycles. The number of benzene rings is 1. The number of ketones is 1. The second-order valence-corrected chi connectivity index (χ2v) is 2.79. The molecule has 0 aliphatic carbocycles. The van der Waals surface area contributed by atoms with Crippen LogP contribution in [0.4, 0.5) is 11.4 Å². The summed E-state index contributed by atoms with van der Waals surface area (Å²) < 4.78 is 0. The Balaban J connectivity index is 3.33. The second-order valence-electron chi connectivity index (χ2n) is 2.52. The molecule has 70 valence electrons. The lowest BCUT2D eigenvalue weighted by atomic mass is 10.1. The Bertz CT molecular complexity index is 352. The van der Waals surface area contributed by atoms with E-state index in [0.29, 0.717) is 0 Å². The zero-order chi connectivity index (χ0) is 10.0. The highest BCUT2D eigenvalue weighted by molar-refractivity contribution is 6.31. The fraction of sp³-hybridized carbons (Fsp3) is 0.125. The highest BCUT2D eigenvalue weighted by Crippen LogP contribution is 2.28. The minimum atomic E-state index is -0.441. The van der Waals surface area contributed by atoms with Gasteiger partial charge in [0.2, 0.25) is 0 Å². The summed E-state index contributed by atoms with van der Waals surface area (Å²) in [6, 6.07) is 2.74. The van der Waals surface area contributed by atoms with E-state index in [2.05, 4.69) is 0 Å². The molecule has 0 amide bonds. The first-order valence-electron chi connectivity index (χ1n) is 3.54. The summed E-state index contributed by atoms with van der Waals surface area (Å²) in [5.41, 5.74) is 11.3. The topological polar surface area (TPSA) is 89.3 Å². The van der Waals surface area contributed by atoms with Crippen LogP contribution >= 0.6 is 11.6 Å². The predicted octanol–water partition coefficient (Wildman–Crippen LogP) is 0.978. The number of nitrogens with two attached hydrogens (primary N) is 2. The standard InChI is InChI=1S/C8H9ClN2O2/c9-3-6(13)7-5(12)2-1-4(10)8(7)11/h1-2,12H,3,10-11H2. The van der Waals surface area contributed by atoms with E-state index in [1.165, 1.54) is 12.1 Å². The van der Waals surface area contributed by atoms with Gasteiger partial charge in [-0.3, -0.25) is 4.79 Å². The molecule has 13 heavy (non-hydrogen) atoms. The molecule has 1 aromatic rings. The van der Waals surface area contributed by atoms with Crippen molar-refractivity contribution >= 4 is 28.8 Å². The maximum absolute atomic E-state index is 11.2. The Labute approximate surface area is 80.1 Å².